The second kappa shape index (κ2) is 5.79. The van der Waals surface area contributed by atoms with Gasteiger partial charge in [0.15, 0.2) is 11.6 Å². The average molecular weight is 326 g/mol. The molecule has 2 aromatic rings. The third-order valence-electron chi connectivity index (χ3n) is 2.48. The van der Waals surface area contributed by atoms with Gasteiger partial charge in [0.2, 0.25) is 0 Å². The summed E-state index contributed by atoms with van der Waals surface area (Å²) in [4.78, 5) is 10.2. The van der Waals surface area contributed by atoms with Crippen LogP contribution in [-0.2, 0) is 5.33 Å². The fourth-order valence-electron chi connectivity index (χ4n) is 1.58. The van der Waals surface area contributed by atoms with Crippen molar-refractivity contribution in [3.63, 3.8) is 0 Å². The minimum Gasteiger partial charge on any atom is -0.454 e. The van der Waals surface area contributed by atoms with Crippen LogP contribution in [0.5, 0.6) is 11.5 Å². The Labute approximate surface area is 117 Å². The van der Waals surface area contributed by atoms with E-state index in [0.29, 0.717) is 5.75 Å². The molecule has 0 saturated heterocycles. The summed E-state index contributed by atoms with van der Waals surface area (Å²) in [5, 5.41) is 10.8. The van der Waals surface area contributed by atoms with E-state index in [1.807, 2.05) is 6.07 Å². The number of nitrogens with zero attached hydrogens (tertiary/aromatic N) is 1. The summed E-state index contributed by atoms with van der Waals surface area (Å²) in [6.45, 7) is 0. The zero-order chi connectivity index (χ0) is 13.8. The number of ether oxygens (including phenoxy) is 1. The van der Waals surface area contributed by atoms with E-state index < -0.39 is 10.7 Å². The summed E-state index contributed by atoms with van der Waals surface area (Å²) in [7, 11) is 0. The predicted octanol–water partition coefficient (Wildman–Crippen LogP) is 4.42. The van der Waals surface area contributed by atoms with Gasteiger partial charge in [0, 0.05) is 11.4 Å². The number of alkyl halides is 1. The first-order chi connectivity index (χ1) is 9.13. The Morgan fingerprint density at radius 1 is 1.21 bits per heavy atom. The van der Waals surface area contributed by atoms with Crippen molar-refractivity contribution in [1.82, 2.24) is 0 Å². The topological polar surface area (TPSA) is 52.4 Å². The lowest BCUT2D eigenvalue weighted by Gasteiger charge is -2.09. The summed E-state index contributed by atoms with van der Waals surface area (Å²) in [5.74, 6) is -0.294. The van der Waals surface area contributed by atoms with Crippen LogP contribution in [0.4, 0.5) is 10.1 Å². The summed E-state index contributed by atoms with van der Waals surface area (Å²) in [6, 6.07) is 11.2. The van der Waals surface area contributed by atoms with Crippen LogP contribution < -0.4 is 4.74 Å². The number of benzene rings is 2. The minimum absolute atomic E-state index is 0.0292. The summed E-state index contributed by atoms with van der Waals surface area (Å²) >= 11 is 3.05. The molecule has 6 heteroatoms. The molecule has 0 aromatic heterocycles. The molecule has 0 spiro atoms. The van der Waals surface area contributed by atoms with Gasteiger partial charge in [0.05, 0.1) is 10.5 Å². The van der Waals surface area contributed by atoms with Crippen molar-refractivity contribution >= 4 is 21.6 Å². The molecule has 0 unspecified atom stereocenters. The Hall–Kier alpha value is -1.95. The van der Waals surface area contributed by atoms with Gasteiger partial charge in [-0.25, -0.2) is 4.39 Å². The van der Waals surface area contributed by atoms with Gasteiger partial charge in [0.1, 0.15) is 5.75 Å². The van der Waals surface area contributed by atoms with Crippen LogP contribution in [0.1, 0.15) is 5.56 Å². The Kier molecular flexibility index (Phi) is 4.11. The molecule has 0 N–H and O–H groups in total. The second-order valence-electron chi connectivity index (χ2n) is 3.68. The van der Waals surface area contributed by atoms with Gasteiger partial charge in [-0.05, 0) is 18.2 Å². The number of nitro benzene ring substituents is 1. The standard InChI is InChI=1S/C13H9BrFNO3/c14-8-10-11(16(17)18)6-7-12(13(10)15)19-9-4-2-1-3-5-9/h1-7H,8H2. The molecule has 2 rings (SSSR count). The molecule has 4 nitrogen and oxygen atoms in total. The zero-order valence-electron chi connectivity index (χ0n) is 9.68. The molecule has 0 amide bonds. The van der Waals surface area contributed by atoms with Crippen LogP contribution >= 0.6 is 15.9 Å². The molecule has 0 aliphatic rings. The molecule has 0 atom stereocenters. The van der Waals surface area contributed by atoms with E-state index in [4.69, 9.17) is 4.74 Å². The number of hydrogen-bond donors (Lipinski definition) is 0. The number of rotatable bonds is 4. The molecule has 0 aliphatic carbocycles. The normalized spacial score (nSPS) is 10.2. The van der Waals surface area contributed by atoms with Crippen molar-refractivity contribution in [2.75, 3.05) is 0 Å². The van der Waals surface area contributed by atoms with E-state index in [9.17, 15) is 14.5 Å². The smallest absolute Gasteiger partial charge is 0.276 e. The molecule has 0 fully saturated rings. The predicted molar refractivity (Wildman–Crippen MR) is 72.2 cm³/mol. The molecule has 0 radical (unpaired) electrons. The van der Waals surface area contributed by atoms with Crippen LogP contribution in [-0.4, -0.2) is 4.92 Å². The van der Waals surface area contributed by atoms with Crippen LogP contribution in [0, 0.1) is 15.9 Å². The van der Waals surface area contributed by atoms with E-state index in [2.05, 4.69) is 15.9 Å². The summed E-state index contributed by atoms with van der Waals surface area (Å²) < 4.78 is 19.5. The van der Waals surface area contributed by atoms with Crippen molar-refractivity contribution in [2.24, 2.45) is 0 Å². The van der Waals surface area contributed by atoms with Crippen LogP contribution in [0.25, 0.3) is 0 Å². The zero-order valence-corrected chi connectivity index (χ0v) is 11.3. The molecule has 0 bridgehead atoms. The fourth-order valence-corrected chi connectivity index (χ4v) is 2.12. The molecule has 2 aromatic carbocycles. The van der Waals surface area contributed by atoms with Crippen molar-refractivity contribution in [3.8, 4) is 11.5 Å². The molecular formula is C13H9BrFNO3. The van der Waals surface area contributed by atoms with Crippen molar-refractivity contribution in [2.45, 2.75) is 5.33 Å². The highest BCUT2D eigenvalue weighted by Crippen LogP contribution is 2.32. The van der Waals surface area contributed by atoms with Gasteiger partial charge in [-0.3, -0.25) is 10.1 Å². The molecular weight excluding hydrogens is 317 g/mol. The van der Waals surface area contributed by atoms with Crippen molar-refractivity contribution in [3.05, 3.63) is 64.0 Å². The van der Waals surface area contributed by atoms with Crippen LogP contribution in [0.15, 0.2) is 42.5 Å². The van der Waals surface area contributed by atoms with Gasteiger partial charge in [-0.15, -0.1) is 0 Å². The summed E-state index contributed by atoms with van der Waals surface area (Å²) in [6.07, 6.45) is 0. The van der Waals surface area contributed by atoms with E-state index in [1.165, 1.54) is 12.1 Å². The van der Waals surface area contributed by atoms with Crippen molar-refractivity contribution < 1.29 is 14.1 Å². The van der Waals surface area contributed by atoms with Crippen LogP contribution in [0.3, 0.4) is 0 Å². The summed E-state index contributed by atoms with van der Waals surface area (Å²) in [5.41, 5.74) is -0.298. The minimum atomic E-state index is -0.727. The van der Waals surface area contributed by atoms with Gasteiger partial charge in [0.25, 0.3) is 5.69 Å². The molecule has 98 valence electrons. The van der Waals surface area contributed by atoms with E-state index in [0.717, 1.165) is 0 Å². The second-order valence-corrected chi connectivity index (χ2v) is 4.24. The third kappa shape index (κ3) is 2.90. The molecule has 0 saturated carbocycles. The van der Waals surface area contributed by atoms with E-state index in [-0.39, 0.29) is 22.3 Å². The maximum Gasteiger partial charge on any atom is 0.276 e. The fraction of sp³-hybridized carbons (Fsp3) is 0.0769. The first kappa shape index (κ1) is 13.5. The molecule has 0 aliphatic heterocycles. The lowest BCUT2D eigenvalue weighted by molar-refractivity contribution is -0.385. The van der Waals surface area contributed by atoms with Crippen molar-refractivity contribution in [1.29, 1.82) is 0 Å². The number of para-hydroxylation sites is 1. The lowest BCUT2D eigenvalue weighted by atomic mass is 10.2. The maximum atomic E-state index is 14.1. The van der Waals surface area contributed by atoms with Crippen LogP contribution in [0.2, 0.25) is 0 Å². The third-order valence-corrected chi connectivity index (χ3v) is 3.05. The molecule has 19 heavy (non-hydrogen) atoms. The lowest BCUT2D eigenvalue weighted by Crippen LogP contribution is -1.99. The SMILES string of the molecule is O=[N+]([O-])c1ccc(Oc2ccccc2)c(F)c1CBr. The monoisotopic (exact) mass is 325 g/mol. The van der Waals surface area contributed by atoms with Gasteiger partial charge < -0.3 is 4.74 Å². The highest BCUT2D eigenvalue weighted by Gasteiger charge is 2.21. The Bertz CT molecular complexity index is 604. The number of hydrogen-bond acceptors (Lipinski definition) is 3. The van der Waals surface area contributed by atoms with Gasteiger partial charge in [-0.1, -0.05) is 34.1 Å². The van der Waals surface area contributed by atoms with Gasteiger partial charge >= 0.3 is 0 Å². The highest BCUT2D eigenvalue weighted by molar-refractivity contribution is 9.08. The van der Waals surface area contributed by atoms with E-state index in [1.54, 1.807) is 24.3 Å². The largest absolute Gasteiger partial charge is 0.454 e. The average Bonchev–Trinajstić information content (AvgIpc) is 2.41. The maximum absolute atomic E-state index is 14.1. The first-order valence-corrected chi connectivity index (χ1v) is 6.50. The number of nitro groups is 1. The van der Waals surface area contributed by atoms with Gasteiger partial charge in [-0.2, -0.15) is 0 Å². The molecule has 0 heterocycles. The van der Waals surface area contributed by atoms with E-state index >= 15 is 0 Å². The first-order valence-electron chi connectivity index (χ1n) is 5.38. The highest BCUT2D eigenvalue weighted by atomic mass is 79.9. The quantitative estimate of drug-likeness (QED) is 0.475. The Balaban J connectivity index is 2.40. The Morgan fingerprint density at radius 3 is 2.47 bits per heavy atom. The number of halogens is 2. The Morgan fingerprint density at radius 2 is 1.89 bits per heavy atom.